The van der Waals surface area contributed by atoms with Crippen LogP contribution in [0.25, 0.3) is 0 Å². The van der Waals surface area contributed by atoms with Crippen molar-refractivity contribution in [1.82, 2.24) is 10.3 Å². The van der Waals surface area contributed by atoms with E-state index in [1.165, 1.54) is 5.56 Å². The fourth-order valence-electron chi connectivity index (χ4n) is 4.04. The van der Waals surface area contributed by atoms with Gasteiger partial charge in [-0.15, -0.1) is 0 Å². The van der Waals surface area contributed by atoms with Crippen molar-refractivity contribution in [3.8, 4) is 0 Å². The molecule has 5 nitrogen and oxygen atoms in total. The number of nitrogens with one attached hydrogen (secondary N) is 1. The molecular formula is C24H25N3O2. The summed E-state index contributed by atoms with van der Waals surface area (Å²) in [6.45, 7) is 0.682. The molecule has 1 aliphatic carbocycles. The number of pyridine rings is 1. The van der Waals surface area contributed by atoms with E-state index in [4.69, 9.17) is 5.73 Å². The third kappa shape index (κ3) is 3.79. The molecule has 1 heterocycles. The molecule has 0 saturated heterocycles. The molecule has 2 unspecified atom stereocenters. The van der Waals surface area contributed by atoms with Crippen molar-refractivity contribution in [2.75, 3.05) is 0 Å². The van der Waals surface area contributed by atoms with Gasteiger partial charge in [-0.05, 0) is 47.6 Å². The summed E-state index contributed by atoms with van der Waals surface area (Å²) in [5.41, 5.74) is 8.17. The minimum atomic E-state index is -1.85. The predicted octanol–water partition coefficient (Wildman–Crippen LogP) is 2.97. The molecular weight excluding hydrogens is 362 g/mol. The maximum absolute atomic E-state index is 12.1. The van der Waals surface area contributed by atoms with E-state index in [0.29, 0.717) is 17.7 Å². The zero-order chi connectivity index (χ0) is 20.3. The Morgan fingerprint density at radius 2 is 1.79 bits per heavy atom. The van der Waals surface area contributed by atoms with Gasteiger partial charge in [0, 0.05) is 12.7 Å². The van der Waals surface area contributed by atoms with Gasteiger partial charge >= 0.3 is 0 Å². The number of rotatable bonds is 6. The monoisotopic (exact) mass is 387 g/mol. The lowest BCUT2D eigenvalue weighted by Crippen LogP contribution is -2.42. The lowest BCUT2D eigenvalue weighted by molar-refractivity contribution is -0.133. The zero-order valence-corrected chi connectivity index (χ0v) is 16.2. The molecule has 148 valence electrons. The zero-order valence-electron chi connectivity index (χ0n) is 16.2. The molecule has 0 bridgehead atoms. The highest BCUT2D eigenvalue weighted by atomic mass is 16.3. The maximum atomic E-state index is 12.1. The fraction of sp³-hybridized carbons (Fsp3) is 0.250. The number of carbonyl (C=O) groups is 1. The van der Waals surface area contributed by atoms with E-state index in [1.54, 1.807) is 36.4 Å². The van der Waals surface area contributed by atoms with Gasteiger partial charge in [0.05, 0.1) is 11.7 Å². The highest BCUT2D eigenvalue weighted by Gasteiger charge is 2.37. The van der Waals surface area contributed by atoms with Crippen LogP contribution in [0.4, 0.5) is 0 Å². The molecule has 0 aliphatic heterocycles. The second-order valence-electron chi connectivity index (χ2n) is 7.51. The van der Waals surface area contributed by atoms with Crippen molar-refractivity contribution in [2.45, 2.75) is 37.5 Å². The van der Waals surface area contributed by atoms with Crippen LogP contribution in [0, 0.1) is 0 Å². The summed E-state index contributed by atoms with van der Waals surface area (Å²) in [6, 6.07) is 20.5. The number of aliphatic hydroxyl groups is 1. The van der Waals surface area contributed by atoms with Crippen LogP contribution < -0.4 is 11.1 Å². The maximum Gasteiger partial charge on any atom is 0.258 e. The Balaban J connectivity index is 1.51. The number of hydrogen-bond acceptors (Lipinski definition) is 4. The number of hydrogen-bond donors (Lipinski definition) is 3. The van der Waals surface area contributed by atoms with Crippen LogP contribution in [0.2, 0.25) is 0 Å². The van der Waals surface area contributed by atoms with E-state index in [9.17, 15) is 9.90 Å². The Hall–Kier alpha value is -3.02. The molecule has 1 amide bonds. The van der Waals surface area contributed by atoms with Crippen molar-refractivity contribution >= 4 is 5.91 Å². The first kappa shape index (κ1) is 19.3. The molecule has 5 heteroatoms. The lowest BCUT2D eigenvalue weighted by Gasteiger charge is -2.26. The van der Waals surface area contributed by atoms with Crippen molar-refractivity contribution in [2.24, 2.45) is 5.73 Å². The van der Waals surface area contributed by atoms with E-state index >= 15 is 0 Å². The van der Waals surface area contributed by atoms with Gasteiger partial charge in [0.15, 0.2) is 5.60 Å². The number of benzene rings is 2. The van der Waals surface area contributed by atoms with Crippen molar-refractivity contribution in [3.63, 3.8) is 0 Å². The molecule has 4 N–H and O–H groups in total. The molecule has 3 aromatic rings. The van der Waals surface area contributed by atoms with Gasteiger partial charge in [-0.3, -0.25) is 9.78 Å². The molecule has 0 fully saturated rings. The molecule has 2 aromatic carbocycles. The van der Waals surface area contributed by atoms with Gasteiger partial charge in [0.25, 0.3) is 5.91 Å². The highest BCUT2D eigenvalue weighted by Crippen LogP contribution is 2.30. The van der Waals surface area contributed by atoms with Gasteiger partial charge in [0.2, 0.25) is 0 Å². The number of fused-ring (bicyclic) bond motifs is 1. The normalized spacial score (nSPS) is 17.9. The van der Waals surface area contributed by atoms with Gasteiger partial charge in [-0.2, -0.15) is 0 Å². The smallest absolute Gasteiger partial charge is 0.258 e. The summed E-state index contributed by atoms with van der Waals surface area (Å²) in [6.07, 6.45) is 5.15. The van der Waals surface area contributed by atoms with Crippen molar-refractivity contribution in [3.05, 3.63) is 101 Å². The topological polar surface area (TPSA) is 88.2 Å². The van der Waals surface area contributed by atoms with Crippen LogP contribution in [0.1, 0.15) is 46.8 Å². The summed E-state index contributed by atoms with van der Waals surface area (Å²) >= 11 is 0. The quantitative estimate of drug-likeness (QED) is 0.607. The molecule has 29 heavy (non-hydrogen) atoms. The summed E-state index contributed by atoms with van der Waals surface area (Å²) in [5, 5.41) is 14.7. The van der Waals surface area contributed by atoms with Crippen molar-refractivity contribution in [1.29, 1.82) is 0 Å². The standard InChI is InChI=1S/C24H25N3O2/c25-23(28)24(29,19-8-2-1-3-9-19)20-13-11-17(12-14-20)16-27-21-10-4-6-18-7-5-15-26-22(18)21/h1-3,5,7-9,11-15,21,27,29H,4,6,10,16H2,(H2,25,28). The SMILES string of the molecule is NC(=O)C(O)(c1ccccc1)c1ccc(CNC2CCCc3cccnc32)cc1. The van der Waals surface area contributed by atoms with Gasteiger partial charge in [-0.1, -0.05) is 60.7 Å². The van der Waals surface area contributed by atoms with E-state index < -0.39 is 11.5 Å². The fourth-order valence-corrected chi connectivity index (χ4v) is 4.04. The minimum Gasteiger partial charge on any atom is -0.372 e. The largest absolute Gasteiger partial charge is 0.372 e. The van der Waals surface area contributed by atoms with E-state index in [1.807, 2.05) is 30.5 Å². The Morgan fingerprint density at radius 3 is 2.52 bits per heavy atom. The van der Waals surface area contributed by atoms with Crippen LogP contribution in [0.3, 0.4) is 0 Å². The molecule has 1 aromatic heterocycles. The average molecular weight is 387 g/mol. The average Bonchev–Trinajstić information content (AvgIpc) is 2.78. The van der Waals surface area contributed by atoms with Crippen LogP contribution in [-0.2, 0) is 23.4 Å². The Bertz CT molecular complexity index is 989. The highest BCUT2D eigenvalue weighted by molar-refractivity contribution is 5.88. The third-order valence-corrected chi connectivity index (χ3v) is 5.67. The minimum absolute atomic E-state index is 0.242. The molecule has 4 rings (SSSR count). The number of carbonyl (C=O) groups excluding carboxylic acids is 1. The summed E-state index contributed by atoms with van der Waals surface area (Å²) in [7, 11) is 0. The Morgan fingerprint density at radius 1 is 1.07 bits per heavy atom. The lowest BCUT2D eigenvalue weighted by atomic mass is 9.85. The van der Waals surface area contributed by atoms with Gasteiger partial charge < -0.3 is 16.2 Å². The molecule has 0 spiro atoms. The number of nitrogens with two attached hydrogens (primary N) is 1. The number of aromatic nitrogens is 1. The van der Waals surface area contributed by atoms with Crippen LogP contribution in [0.15, 0.2) is 72.9 Å². The van der Waals surface area contributed by atoms with Crippen molar-refractivity contribution < 1.29 is 9.90 Å². The third-order valence-electron chi connectivity index (χ3n) is 5.67. The van der Waals surface area contributed by atoms with E-state index in [-0.39, 0.29) is 6.04 Å². The molecule has 0 saturated carbocycles. The summed E-state index contributed by atoms with van der Waals surface area (Å²) < 4.78 is 0. The van der Waals surface area contributed by atoms with Crippen LogP contribution in [0.5, 0.6) is 0 Å². The number of nitrogens with zero attached hydrogens (tertiary/aromatic N) is 1. The first-order valence-corrected chi connectivity index (χ1v) is 9.93. The van der Waals surface area contributed by atoms with Gasteiger partial charge in [-0.25, -0.2) is 0 Å². The first-order chi connectivity index (χ1) is 14.1. The Kier molecular flexibility index (Phi) is 5.43. The van der Waals surface area contributed by atoms with Gasteiger partial charge in [0.1, 0.15) is 0 Å². The Labute approximate surface area is 170 Å². The second kappa shape index (κ2) is 8.15. The second-order valence-corrected chi connectivity index (χ2v) is 7.51. The number of amides is 1. The number of primary amides is 1. The van der Waals surface area contributed by atoms with E-state index in [0.717, 1.165) is 30.5 Å². The summed E-state index contributed by atoms with van der Waals surface area (Å²) in [5.74, 6) is -0.792. The molecule has 2 atom stereocenters. The van der Waals surface area contributed by atoms with Crippen LogP contribution in [-0.4, -0.2) is 16.0 Å². The number of aryl methyl sites for hydroxylation is 1. The predicted molar refractivity (Wildman–Crippen MR) is 112 cm³/mol. The van der Waals surface area contributed by atoms with E-state index in [2.05, 4.69) is 16.4 Å². The first-order valence-electron chi connectivity index (χ1n) is 9.93. The molecule has 1 aliphatic rings. The summed E-state index contributed by atoms with van der Waals surface area (Å²) in [4.78, 5) is 16.7. The molecule has 0 radical (unpaired) electrons. The van der Waals surface area contributed by atoms with Crippen LogP contribution >= 0.6 is 0 Å².